The molecular formula is C23H24N4O4. The summed E-state index contributed by atoms with van der Waals surface area (Å²) in [5, 5.41) is 3.94. The van der Waals surface area contributed by atoms with E-state index in [2.05, 4.69) is 9.72 Å². The summed E-state index contributed by atoms with van der Waals surface area (Å²) in [6.07, 6.45) is 1.57. The Balaban J connectivity index is 1.62. The van der Waals surface area contributed by atoms with Crippen LogP contribution in [0.15, 0.2) is 53.7 Å². The molecule has 8 heteroatoms. The first-order valence-electron chi connectivity index (χ1n) is 10.2. The van der Waals surface area contributed by atoms with E-state index in [0.717, 1.165) is 41.0 Å². The van der Waals surface area contributed by atoms with Crippen molar-refractivity contribution in [2.24, 2.45) is 5.16 Å². The minimum atomic E-state index is -0.270. The molecule has 1 aromatic heterocycles. The number of aryl methyl sites for hydroxylation is 1. The van der Waals surface area contributed by atoms with Gasteiger partial charge in [-0.25, -0.2) is 4.98 Å². The van der Waals surface area contributed by atoms with Gasteiger partial charge in [0.05, 0.1) is 29.9 Å². The first-order chi connectivity index (χ1) is 15.1. The number of fused-ring (bicyclic) bond motifs is 2. The lowest BCUT2D eigenvalue weighted by molar-refractivity contribution is -0.141. The summed E-state index contributed by atoms with van der Waals surface area (Å²) in [6, 6.07) is 15.4. The predicted octanol–water partition coefficient (Wildman–Crippen LogP) is 3.28. The van der Waals surface area contributed by atoms with Gasteiger partial charge in [0.15, 0.2) is 5.71 Å². The van der Waals surface area contributed by atoms with E-state index >= 15 is 0 Å². The number of imidazole rings is 1. The summed E-state index contributed by atoms with van der Waals surface area (Å²) >= 11 is 0. The number of unbranched alkanes of at least 4 members (excludes halogenated alkanes) is 1. The second-order valence-corrected chi connectivity index (χ2v) is 7.25. The fourth-order valence-electron chi connectivity index (χ4n) is 3.82. The van der Waals surface area contributed by atoms with Gasteiger partial charge in [-0.1, -0.05) is 35.5 Å². The van der Waals surface area contributed by atoms with E-state index < -0.39 is 0 Å². The first kappa shape index (κ1) is 20.6. The van der Waals surface area contributed by atoms with Crippen molar-refractivity contribution in [3.05, 3.63) is 59.9 Å². The quantitative estimate of drug-likeness (QED) is 0.317. The Morgan fingerprint density at radius 2 is 1.87 bits per heavy atom. The van der Waals surface area contributed by atoms with Crippen molar-refractivity contribution < 1.29 is 19.2 Å². The topological polar surface area (TPSA) is 86.0 Å². The van der Waals surface area contributed by atoms with Crippen molar-refractivity contribution in [1.29, 1.82) is 0 Å². The second kappa shape index (κ2) is 8.99. The van der Waals surface area contributed by atoms with Crippen LogP contribution in [-0.4, -0.2) is 40.9 Å². The molecule has 0 bridgehead atoms. The van der Waals surface area contributed by atoms with Gasteiger partial charge in [0.2, 0.25) is 0 Å². The lowest BCUT2D eigenvalue weighted by Gasteiger charge is -2.18. The number of carbonyl (C=O) groups excluding carboxylic acids is 2. The number of esters is 1. The lowest BCUT2D eigenvalue weighted by atomic mass is 10.1. The highest BCUT2D eigenvalue weighted by atomic mass is 16.6. The molecule has 0 aliphatic carbocycles. The molecule has 3 aromatic rings. The highest BCUT2D eigenvalue weighted by Gasteiger charge is 2.35. The lowest BCUT2D eigenvalue weighted by Crippen LogP contribution is -2.31. The molecule has 0 saturated heterocycles. The first-order valence-corrected chi connectivity index (χ1v) is 10.2. The van der Waals surface area contributed by atoms with Crippen LogP contribution in [0.3, 0.4) is 0 Å². The Morgan fingerprint density at radius 1 is 1.10 bits per heavy atom. The highest BCUT2D eigenvalue weighted by Crippen LogP contribution is 2.31. The number of benzene rings is 2. The number of para-hydroxylation sites is 3. The maximum atomic E-state index is 13.1. The third-order valence-electron chi connectivity index (χ3n) is 5.19. The average Bonchev–Trinajstić information content (AvgIpc) is 3.24. The molecule has 0 N–H and O–H groups in total. The zero-order valence-corrected chi connectivity index (χ0v) is 17.6. The van der Waals surface area contributed by atoms with Gasteiger partial charge in [-0.2, -0.15) is 0 Å². The largest absolute Gasteiger partial charge is 0.466 e. The zero-order valence-electron chi connectivity index (χ0n) is 17.6. The maximum Gasteiger partial charge on any atom is 0.302 e. The van der Waals surface area contributed by atoms with Crippen molar-refractivity contribution in [1.82, 2.24) is 9.55 Å². The number of nitrogens with zero attached hydrogens (tertiary/aromatic N) is 4. The third kappa shape index (κ3) is 4.14. The van der Waals surface area contributed by atoms with Crippen LogP contribution in [0.4, 0.5) is 5.69 Å². The number of rotatable bonds is 8. The highest BCUT2D eigenvalue weighted by molar-refractivity contribution is 6.54. The van der Waals surface area contributed by atoms with Crippen molar-refractivity contribution >= 4 is 34.3 Å². The molecule has 0 unspecified atom stereocenters. The average molecular weight is 420 g/mol. The van der Waals surface area contributed by atoms with E-state index in [4.69, 9.17) is 14.6 Å². The maximum absolute atomic E-state index is 13.1. The van der Waals surface area contributed by atoms with Gasteiger partial charge in [-0.05, 0) is 31.0 Å². The molecule has 8 nitrogen and oxygen atoms in total. The summed E-state index contributed by atoms with van der Waals surface area (Å²) in [5.74, 6) is 0.306. The predicted molar refractivity (Wildman–Crippen MR) is 117 cm³/mol. The molecule has 0 fully saturated rings. The van der Waals surface area contributed by atoms with Gasteiger partial charge in [0.1, 0.15) is 12.9 Å². The Hall–Kier alpha value is -3.68. The fraction of sp³-hybridized carbons (Fsp3) is 0.304. The SMILES string of the molecule is CO/N=C1/C(=O)N(Cc2nc3ccccc3n2CCCCOC(C)=O)c2ccccc21. The summed E-state index contributed by atoms with van der Waals surface area (Å²) in [5.41, 5.74) is 3.72. The van der Waals surface area contributed by atoms with Crippen LogP contribution < -0.4 is 4.90 Å². The molecule has 31 heavy (non-hydrogen) atoms. The molecule has 4 rings (SSSR count). The van der Waals surface area contributed by atoms with Crippen molar-refractivity contribution in [3.8, 4) is 0 Å². The smallest absolute Gasteiger partial charge is 0.302 e. The number of oxime groups is 1. The Labute approximate surface area is 180 Å². The van der Waals surface area contributed by atoms with Crippen LogP contribution >= 0.6 is 0 Å². The van der Waals surface area contributed by atoms with Gasteiger partial charge in [-0.3, -0.25) is 14.5 Å². The number of anilines is 1. The summed E-state index contributed by atoms with van der Waals surface area (Å²) in [6.45, 7) is 2.83. The minimum Gasteiger partial charge on any atom is -0.466 e. The van der Waals surface area contributed by atoms with Gasteiger partial charge >= 0.3 is 5.97 Å². The van der Waals surface area contributed by atoms with Crippen LogP contribution in [0.2, 0.25) is 0 Å². The van der Waals surface area contributed by atoms with Gasteiger partial charge in [0, 0.05) is 19.0 Å². The molecule has 0 atom stereocenters. The Morgan fingerprint density at radius 3 is 2.68 bits per heavy atom. The van der Waals surface area contributed by atoms with Crippen LogP contribution in [0, 0.1) is 0 Å². The van der Waals surface area contributed by atoms with Crippen molar-refractivity contribution in [3.63, 3.8) is 0 Å². The molecule has 1 aliphatic heterocycles. The molecule has 160 valence electrons. The molecule has 2 aromatic carbocycles. The van der Waals surface area contributed by atoms with E-state index in [0.29, 0.717) is 25.4 Å². The third-order valence-corrected chi connectivity index (χ3v) is 5.19. The van der Waals surface area contributed by atoms with Gasteiger partial charge in [0.25, 0.3) is 5.91 Å². The molecule has 2 heterocycles. The molecule has 1 amide bonds. The van der Waals surface area contributed by atoms with Crippen molar-refractivity contribution in [2.75, 3.05) is 18.6 Å². The fourth-order valence-corrected chi connectivity index (χ4v) is 3.82. The van der Waals surface area contributed by atoms with E-state index in [1.807, 2.05) is 48.5 Å². The number of ether oxygens (including phenoxy) is 1. The number of carbonyl (C=O) groups is 2. The summed E-state index contributed by atoms with van der Waals surface area (Å²) < 4.78 is 7.16. The Bertz CT molecular complexity index is 1150. The zero-order chi connectivity index (χ0) is 21.8. The van der Waals surface area contributed by atoms with Crippen LogP contribution in [-0.2, 0) is 32.3 Å². The standard InChI is InChI=1S/C23H24N4O4/c1-16(28)31-14-8-7-13-26-20-12-6-4-10-18(20)24-21(26)15-27-19-11-5-3-9-17(19)22(23(27)29)25-30-2/h3-6,9-12H,7-8,13-15H2,1-2H3/b25-22+. The molecule has 1 aliphatic rings. The van der Waals surface area contributed by atoms with Crippen molar-refractivity contribution in [2.45, 2.75) is 32.9 Å². The number of hydrogen-bond acceptors (Lipinski definition) is 6. The minimum absolute atomic E-state index is 0.212. The van der Waals surface area contributed by atoms with E-state index in [1.54, 1.807) is 4.90 Å². The molecule has 0 radical (unpaired) electrons. The molecular weight excluding hydrogens is 396 g/mol. The van der Waals surface area contributed by atoms with Crippen LogP contribution in [0.1, 0.15) is 31.2 Å². The summed E-state index contributed by atoms with van der Waals surface area (Å²) in [4.78, 5) is 35.4. The molecule has 0 spiro atoms. The van der Waals surface area contributed by atoms with E-state index in [1.165, 1.54) is 14.0 Å². The molecule has 0 saturated carbocycles. The van der Waals surface area contributed by atoms with Gasteiger partial charge < -0.3 is 14.1 Å². The number of amides is 1. The second-order valence-electron chi connectivity index (χ2n) is 7.25. The van der Waals surface area contributed by atoms with E-state index in [-0.39, 0.29) is 11.9 Å². The van der Waals surface area contributed by atoms with Gasteiger partial charge in [-0.15, -0.1) is 0 Å². The number of hydrogen-bond donors (Lipinski definition) is 0. The summed E-state index contributed by atoms with van der Waals surface area (Å²) in [7, 11) is 1.43. The monoisotopic (exact) mass is 420 g/mol. The Kier molecular flexibility index (Phi) is 5.97. The van der Waals surface area contributed by atoms with Crippen LogP contribution in [0.5, 0.6) is 0 Å². The number of aromatic nitrogens is 2. The van der Waals surface area contributed by atoms with Crippen LogP contribution in [0.25, 0.3) is 11.0 Å². The normalized spacial score (nSPS) is 14.3. The van der Waals surface area contributed by atoms with E-state index in [9.17, 15) is 9.59 Å².